The Hall–Kier alpha value is -2.18. The van der Waals surface area contributed by atoms with Gasteiger partial charge in [0, 0.05) is 22.3 Å². The maximum absolute atomic E-state index is 3.47. The molecule has 0 aromatic carbocycles. The maximum atomic E-state index is 3.47. The molecule has 0 unspecified atom stereocenters. The third-order valence-electron chi connectivity index (χ3n) is 4.95. The van der Waals surface area contributed by atoms with E-state index in [4.69, 9.17) is 0 Å². The summed E-state index contributed by atoms with van der Waals surface area (Å²) in [6, 6.07) is 0. The third-order valence-corrected chi connectivity index (χ3v) is 4.95. The van der Waals surface area contributed by atoms with Crippen LogP contribution in [0.2, 0.25) is 0 Å². The van der Waals surface area contributed by atoms with Gasteiger partial charge in [0.25, 0.3) is 0 Å². The number of hydrogen-bond acceptors (Lipinski definition) is 0. The van der Waals surface area contributed by atoms with Gasteiger partial charge in [-0.15, -0.1) is 0 Å². The Morgan fingerprint density at radius 1 is 0.467 bits per heavy atom. The van der Waals surface area contributed by atoms with E-state index in [0.717, 1.165) is 22.3 Å². The van der Waals surface area contributed by atoms with Crippen molar-refractivity contribution in [1.29, 1.82) is 0 Å². The van der Waals surface area contributed by atoms with Crippen LogP contribution in [0.3, 0.4) is 0 Å². The summed E-state index contributed by atoms with van der Waals surface area (Å²) in [6.45, 7) is 26.5. The Balaban J connectivity index is 3.96. The molecule has 0 heterocycles. The second-order valence-corrected chi connectivity index (χ2v) is 12.2. The molecule has 30 heavy (non-hydrogen) atoms. The van der Waals surface area contributed by atoms with Gasteiger partial charge in [0.05, 0.1) is 0 Å². The quantitative estimate of drug-likeness (QED) is 0.280. The van der Waals surface area contributed by atoms with Crippen molar-refractivity contribution in [2.75, 3.05) is 0 Å². The van der Waals surface area contributed by atoms with Gasteiger partial charge in [-0.05, 0) is 21.7 Å². The summed E-state index contributed by atoms with van der Waals surface area (Å²) >= 11 is 0. The summed E-state index contributed by atoms with van der Waals surface area (Å²) in [5.41, 5.74) is 11.4. The predicted molar refractivity (Wildman–Crippen MR) is 134 cm³/mol. The summed E-state index contributed by atoms with van der Waals surface area (Å²) in [5, 5.41) is 0. The van der Waals surface area contributed by atoms with Crippen LogP contribution >= 0.6 is 0 Å². The van der Waals surface area contributed by atoms with Crippen molar-refractivity contribution in [3.05, 3.63) is 70.2 Å². The van der Waals surface area contributed by atoms with Crippen LogP contribution in [0.5, 0.6) is 0 Å². The fraction of sp³-hybridized carbons (Fsp3) is 0.533. The largest absolute Gasteiger partial charge is 0.0659 e. The van der Waals surface area contributed by atoms with Crippen molar-refractivity contribution in [3.63, 3.8) is 0 Å². The maximum Gasteiger partial charge on any atom is 0.00775 e. The molecule has 1 aliphatic rings. The zero-order chi connectivity index (χ0) is 23.4. The molecule has 0 heteroatoms. The van der Waals surface area contributed by atoms with Gasteiger partial charge in [0.15, 0.2) is 0 Å². The van der Waals surface area contributed by atoms with Crippen molar-refractivity contribution in [2.24, 2.45) is 21.7 Å². The normalized spacial score (nSPS) is 16.7. The highest BCUT2D eigenvalue weighted by Crippen LogP contribution is 2.30. The van der Waals surface area contributed by atoms with Crippen molar-refractivity contribution in [2.45, 2.75) is 83.1 Å². The molecule has 0 radical (unpaired) electrons. The van der Waals surface area contributed by atoms with E-state index in [9.17, 15) is 0 Å². The highest BCUT2D eigenvalue weighted by Gasteiger charge is 2.19. The minimum Gasteiger partial charge on any atom is -0.0659 e. The van der Waals surface area contributed by atoms with Gasteiger partial charge >= 0.3 is 0 Å². The van der Waals surface area contributed by atoms with Crippen molar-refractivity contribution in [1.82, 2.24) is 0 Å². The van der Waals surface area contributed by atoms with Gasteiger partial charge in [-0.2, -0.15) is 0 Å². The minimum atomic E-state index is -0.0198. The van der Waals surface area contributed by atoms with Gasteiger partial charge in [-0.3, -0.25) is 0 Å². The molecule has 0 aromatic rings. The first kappa shape index (κ1) is 25.9. The summed E-state index contributed by atoms with van der Waals surface area (Å²) < 4.78 is 0. The van der Waals surface area contributed by atoms with Gasteiger partial charge in [-0.25, -0.2) is 0 Å². The first-order valence-corrected chi connectivity index (χ1v) is 11.0. The van der Waals surface area contributed by atoms with Gasteiger partial charge in [-0.1, -0.05) is 143 Å². The van der Waals surface area contributed by atoms with E-state index < -0.39 is 0 Å². The number of rotatable bonds is 0. The fourth-order valence-corrected chi connectivity index (χ4v) is 2.67. The average molecular weight is 403 g/mol. The fourth-order valence-electron chi connectivity index (χ4n) is 2.67. The molecule has 0 aromatic heterocycles. The Bertz CT molecular complexity index is 839. The molecule has 162 valence electrons. The molecule has 0 saturated carbocycles. The van der Waals surface area contributed by atoms with E-state index in [-0.39, 0.29) is 21.7 Å². The lowest BCUT2D eigenvalue weighted by atomic mass is 9.82. The van der Waals surface area contributed by atoms with Gasteiger partial charge in [0.1, 0.15) is 0 Å². The van der Waals surface area contributed by atoms with E-state index in [0.29, 0.717) is 0 Å². The van der Waals surface area contributed by atoms with Crippen LogP contribution < -0.4 is 0 Å². The molecular weight excluding hydrogens is 360 g/mol. The SMILES string of the molecule is CC(C)(C)C1=C=C=C(C(C)(C)C)C=CC=C(C(C)(C)C)C#CC(C(C)(C)C)=CC=C1. The Labute approximate surface area is 186 Å². The Morgan fingerprint density at radius 2 is 0.767 bits per heavy atom. The highest BCUT2D eigenvalue weighted by molar-refractivity contribution is 5.46. The monoisotopic (exact) mass is 402 g/mol. The van der Waals surface area contributed by atoms with E-state index in [2.05, 4.69) is 143 Å². The minimum absolute atomic E-state index is 0.0198. The van der Waals surface area contributed by atoms with Gasteiger partial charge < -0.3 is 0 Å². The average Bonchev–Trinajstić information content (AvgIpc) is 2.51. The van der Waals surface area contributed by atoms with Crippen LogP contribution in [-0.2, 0) is 0 Å². The molecule has 0 saturated heterocycles. The first-order chi connectivity index (χ1) is 13.4. The standard InChI is InChI=1S/C30H42/c1-27(2,3)23-15-13-16-25(29(7,8)9)21-22-26(30(10,11)12)18-14-17-24(20-19-23)28(4,5)6/h13-18H,1-12H3. The summed E-state index contributed by atoms with van der Waals surface area (Å²) in [7, 11) is 0. The number of allylic oxidation sites excluding steroid dienone is 10. The summed E-state index contributed by atoms with van der Waals surface area (Å²) in [4.78, 5) is 0. The molecule has 0 fully saturated rings. The molecule has 1 rings (SSSR count). The zero-order valence-corrected chi connectivity index (χ0v) is 21.5. The topological polar surface area (TPSA) is 0 Å². The smallest absolute Gasteiger partial charge is 0.00775 e. The Kier molecular flexibility index (Phi) is 8.03. The van der Waals surface area contributed by atoms with Crippen molar-refractivity contribution >= 4 is 0 Å². The van der Waals surface area contributed by atoms with E-state index >= 15 is 0 Å². The van der Waals surface area contributed by atoms with E-state index in [1.165, 1.54) is 0 Å². The second-order valence-electron chi connectivity index (χ2n) is 12.2. The van der Waals surface area contributed by atoms with Crippen LogP contribution in [-0.4, -0.2) is 0 Å². The van der Waals surface area contributed by atoms with Crippen LogP contribution in [0.15, 0.2) is 70.2 Å². The molecule has 1 aliphatic carbocycles. The Morgan fingerprint density at radius 3 is 1.00 bits per heavy atom. The molecule has 0 spiro atoms. The second kappa shape index (κ2) is 9.31. The molecule has 0 aliphatic heterocycles. The van der Waals surface area contributed by atoms with Crippen molar-refractivity contribution < 1.29 is 0 Å². The van der Waals surface area contributed by atoms with Crippen LogP contribution in [0.1, 0.15) is 83.1 Å². The lowest BCUT2D eigenvalue weighted by molar-refractivity contribution is 0.513. The van der Waals surface area contributed by atoms with Crippen LogP contribution in [0.4, 0.5) is 0 Å². The highest BCUT2D eigenvalue weighted by atomic mass is 14.2. The first-order valence-electron chi connectivity index (χ1n) is 11.0. The van der Waals surface area contributed by atoms with Crippen LogP contribution in [0.25, 0.3) is 0 Å². The third kappa shape index (κ3) is 8.28. The lowest BCUT2D eigenvalue weighted by Crippen LogP contribution is -2.10. The zero-order valence-electron chi connectivity index (χ0n) is 21.5. The summed E-state index contributed by atoms with van der Waals surface area (Å²) in [6.07, 6.45) is 12.8. The molecule has 0 atom stereocenters. The molecule has 0 amide bonds. The number of hydrogen-bond donors (Lipinski definition) is 0. The van der Waals surface area contributed by atoms with Crippen molar-refractivity contribution in [3.8, 4) is 11.8 Å². The molecule has 0 bridgehead atoms. The predicted octanol–water partition coefficient (Wildman–Crippen LogP) is 8.76. The lowest BCUT2D eigenvalue weighted by Gasteiger charge is -2.21. The molecule has 0 nitrogen and oxygen atoms in total. The summed E-state index contributed by atoms with van der Waals surface area (Å²) in [5.74, 6) is 6.94. The van der Waals surface area contributed by atoms with E-state index in [1.807, 2.05) is 0 Å². The molecule has 0 N–H and O–H groups in total. The van der Waals surface area contributed by atoms with Crippen LogP contribution in [0, 0.1) is 33.5 Å². The van der Waals surface area contributed by atoms with E-state index in [1.54, 1.807) is 0 Å². The van der Waals surface area contributed by atoms with Gasteiger partial charge in [0.2, 0.25) is 0 Å². The molecular formula is C30H42.